The van der Waals surface area contributed by atoms with Gasteiger partial charge in [-0.2, -0.15) is 5.10 Å². The van der Waals surface area contributed by atoms with Crippen LogP contribution in [0.5, 0.6) is 0 Å². The molecule has 1 aromatic heterocycles. The molecule has 0 aliphatic carbocycles. The van der Waals surface area contributed by atoms with Crippen molar-refractivity contribution in [2.24, 2.45) is 0 Å². The molecule has 2 fully saturated rings. The third-order valence-electron chi connectivity index (χ3n) is 4.96. The minimum Gasteiger partial charge on any atom is -0.331 e. The Hall–Kier alpha value is -2.14. The van der Waals surface area contributed by atoms with Crippen molar-refractivity contribution < 1.29 is 4.79 Å². The zero-order valence-corrected chi connectivity index (χ0v) is 13.2. The van der Waals surface area contributed by atoms with Crippen molar-refractivity contribution in [1.29, 1.82) is 0 Å². The Bertz CT molecular complexity index is 667. The Morgan fingerprint density at radius 1 is 1.17 bits per heavy atom. The predicted octanol–water partition coefficient (Wildman–Crippen LogP) is 1.90. The van der Waals surface area contributed by atoms with Gasteiger partial charge in [0.05, 0.1) is 18.3 Å². The fourth-order valence-electron chi connectivity index (χ4n) is 3.79. The Morgan fingerprint density at radius 2 is 2.00 bits per heavy atom. The van der Waals surface area contributed by atoms with Crippen LogP contribution >= 0.6 is 0 Å². The number of nitrogens with one attached hydrogen (secondary N) is 1. The molecule has 4 rings (SSSR count). The highest BCUT2D eigenvalue weighted by Crippen LogP contribution is 2.29. The van der Waals surface area contributed by atoms with Crippen LogP contribution in [0.2, 0.25) is 0 Å². The molecule has 1 aromatic carbocycles. The van der Waals surface area contributed by atoms with Crippen LogP contribution in [-0.2, 0) is 6.54 Å². The quantitative estimate of drug-likeness (QED) is 0.942. The third-order valence-corrected chi connectivity index (χ3v) is 4.96. The van der Waals surface area contributed by atoms with Crippen LogP contribution in [0.3, 0.4) is 0 Å². The molecule has 3 heterocycles. The fraction of sp³-hybridized carbons (Fsp3) is 0.444. The molecule has 2 aliphatic rings. The minimum atomic E-state index is 0.139. The first-order valence-electron chi connectivity index (χ1n) is 8.41. The van der Waals surface area contributed by atoms with Gasteiger partial charge in [-0.15, -0.1) is 0 Å². The van der Waals surface area contributed by atoms with Crippen LogP contribution in [0.25, 0.3) is 0 Å². The summed E-state index contributed by atoms with van der Waals surface area (Å²) in [4.78, 5) is 15.0. The molecule has 1 N–H and O–H groups in total. The highest BCUT2D eigenvalue weighted by atomic mass is 16.2. The van der Waals surface area contributed by atoms with Gasteiger partial charge < -0.3 is 10.2 Å². The number of fused-ring (bicyclic) bond motifs is 2. The molecule has 5 nitrogen and oxygen atoms in total. The first kappa shape index (κ1) is 14.5. The number of carbonyl (C=O) groups is 1. The van der Waals surface area contributed by atoms with Crippen LogP contribution in [0.1, 0.15) is 35.2 Å². The maximum absolute atomic E-state index is 12.9. The number of benzene rings is 1. The van der Waals surface area contributed by atoms with Gasteiger partial charge in [0, 0.05) is 24.8 Å². The van der Waals surface area contributed by atoms with E-state index in [1.54, 1.807) is 6.20 Å². The van der Waals surface area contributed by atoms with E-state index in [1.807, 2.05) is 29.1 Å². The number of amides is 1. The van der Waals surface area contributed by atoms with E-state index < -0.39 is 0 Å². The number of carbonyl (C=O) groups excluding carboxylic acids is 1. The van der Waals surface area contributed by atoms with Gasteiger partial charge in [-0.1, -0.05) is 30.3 Å². The summed E-state index contributed by atoms with van der Waals surface area (Å²) in [5.41, 5.74) is 1.90. The van der Waals surface area contributed by atoms with Crippen LogP contribution in [0.4, 0.5) is 0 Å². The van der Waals surface area contributed by atoms with Crippen molar-refractivity contribution in [3.63, 3.8) is 0 Å². The maximum Gasteiger partial charge on any atom is 0.257 e. The predicted molar refractivity (Wildman–Crippen MR) is 88.2 cm³/mol. The summed E-state index contributed by atoms with van der Waals surface area (Å²) in [7, 11) is 0. The molecule has 2 saturated heterocycles. The molecule has 23 heavy (non-hydrogen) atoms. The summed E-state index contributed by atoms with van der Waals surface area (Å²) in [6.07, 6.45) is 6.90. The van der Waals surface area contributed by atoms with Gasteiger partial charge in [0.25, 0.3) is 5.91 Å². The average Bonchev–Trinajstić information content (AvgIpc) is 3.11. The van der Waals surface area contributed by atoms with Gasteiger partial charge in [0.15, 0.2) is 0 Å². The molecule has 2 atom stereocenters. The minimum absolute atomic E-state index is 0.139. The third kappa shape index (κ3) is 2.88. The van der Waals surface area contributed by atoms with Gasteiger partial charge in [-0.05, 0) is 31.4 Å². The Labute approximate surface area is 136 Å². The van der Waals surface area contributed by atoms with E-state index >= 15 is 0 Å². The summed E-state index contributed by atoms with van der Waals surface area (Å²) in [5.74, 6) is 0.139. The van der Waals surface area contributed by atoms with Crippen LogP contribution < -0.4 is 5.32 Å². The lowest BCUT2D eigenvalue weighted by Gasteiger charge is -2.27. The van der Waals surface area contributed by atoms with E-state index in [1.165, 1.54) is 5.56 Å². The number of nitrogens with zero attached hydrogens (tertiary/aromatic N) is 3. The van der Waals surface area contributed by atoms with Crippen molar-refractivity contribution in [3.05, 3.63) is 53.9 Å². The Balaban J connectivity index is 1.51. The highest BCUT2D eigenvalue weighted by Gasteiger charge is 2.38. The molecular weight excluding hydrogens is 288 g/mol. The van der Waals surface area contributed by atoms with E-state index in [-0.39, 0.29) is 5.91 Å². The normalized spacial score (nSPS) is 23.7. The second-order valence-electron chi connectivity index (χ2n) is 6.50. The molecule has 1 amide bonds. The van der Waals surface area contributed by atoms with Crippen LogP contribution in [0, 0.1) is 0 Å². The number of rotatable bonds is 3. The van der Waals surface area contributed by atoms with Crippen molar-refractivity contribution in [3.8, 4) is 0 Å². The molecule has 0 radical (unpaired) electrons. The summed E-state index contributed by atoms with van der Waals surface area (Å²) in [5, 5.41) is 7.81. The molecule has 120 valence electrons. The standard InChI is InChI=1S/C18H22N4O/c23-18(22-16-6-7-17(22)11-19-9-8-16)15-10-20-21(13-15)12-14-4-2-1-3-5-14/h1-5,10,13,16-17,19H,6-9,11-12H2. The SMILES string of the molecule is O=C(c1cnn(Cc2ccccc2)c1)N1C2CCNCC1CC2. The van der Waals surface area contributed by atoms with Gasteiger partial charge >= 0.3 is 0 Å². The van der Waals surface area contributed by atoms with Gasteiger partial charge in [0.2, 0.25) is 0 Å². The maximum atomic E-state index is 12.9. The molecule has 0 spiro atoms. The number of hydrogen-bond acceptors (Lipinski definition) is 3. The zero-order valence-electron chi connectivity index (χ0n) is 13.2. The lowest BCUT2D eigenvalue weighted by molar-refractivity contribution is 0.0680. The molecule has 2 aromatic rings. The van der Waals surface area contributed by atoms with Crippen molar-refractivity contribution in [2.45, 2.75) is 37.9 Å². The fourth-order valence-corrected chi connectivity index (χ4v) is 3.79. The van der Waals surface area contributed by atoms with E-state index in [2.05, 4.69) is 27.4 Å². The monoisotopic (exact) mass is 310 g/mol. The van der Waals surface area contributed by atoms with E-state index in [0.29, 0.717) is 24.2 Å². The molecule has 0 saturated carbocycles. The van der Waals surface area contributed by atoms with E-state index in [0.717, 1.165) is 32.4 Å². The summed E-state index contributed by atoms with van der Waals surface area (Å²) >= 11 is 0. The van der Waals surface area contributed by atoms with Crippen LogP contribution in [0.15, 0.2) is 42.7 Å². The lowest BCUT2D eigenvalue weighted by Crippen LogP contribution is -2.42. The van der Waals surface area contributed by atoms with E-state index in [9.17, 15) is 4.79 Å². The smallest absolute Gasteiger partial charge is 0.257 e. The second kappa shape index (κ2) is 6.16. The molecule has 2 bridgehead atoms. The summed E-state index contributed by atoms with van der Waals surface area (Å²) < 4.78 is 1.85. The highest BCUT2D eigenvalue weighted by molar-refractivity contribution is 5.94. The average molecular weight is 310 g/mol. The Morgan fingerprint density at radius 3 is 2.87 bits per heavy atom. The molecular formula is C18H22N4O. The topological polar surface area (TPSA) is 50.2 Å². The van der Waals surface area contributed by atoms with Crippen molar-refractivity contribution in [1.82, 2.24) is 20.0 Å². The van der Waals surface area contributed by atoms with Gasteiger partial charge in [0.1, 0.15) is 0 Å². The summed E-state index contributed by atoms with van der Waals surface area (Å²) in [6, 6.07) is 10.9. The largest absolute Gasteiger partial charge is 0.331 e. The van der Waals surface area contributed by atoms with Gasteiger partial charge in [-0.3, -0.25) is 9.48 Å². The molecule has 2 aliphatic heterocycles. The first-order valence-corrected chi connectivity index (χ1v) is 8.41. The van der Waals surface area contributed by atoms with Crippen molar-refractivity contribution >= 4 is 5.91 Å². The molecule has 5 heteroatoms. The van der Waals surface area contributed by atoms with Gasteiger partial charge in [-0.25, -0.2) is 0 Å². The zero-order chi connectivity index (χ0) is 15.6. The number of hydrogen-bond donors (Lipinski definition) is 1. The second-order valence-corrected chi connectivity index (χ2v) is 6.50. The number of aromatic nitrogens is 2. The Kier molecular flexibility index (Phi) is 3.87. The van der Waals surface area contributed by atoms with Crippen LogP contribution in [-0.4, -0.2) is 45.8 Å². The summed E-state index contributed by atoms with van der Waals surface area (Å²) in [6.45, 7) is 2.63. The van der Waals surface area contributed by atoms with E-state index in [4.69, 9.17) is 0 Å². The lowest BCUT2D eigenvalue weighted by atomic mass is 10.1. The molecule has 2 unspecified atom stereocenters. The van der Waals surface area contributed by atoms with Crippen molar-refractivity contribution in [2.75, 3.05) is 13.1 Å². The first-order chi connectivity index (χ1) is 11.3.